The second-order valence-electron chi connectivity index (χ2n) is 3.12. The van der Waals surface area contributed by atoms with Gasteiger partial charge in [-0.1, -0.05) is 0 Å². The number of rotatable bonds is 0. The Labute approximate surface area is 60.0 Å². The minimum atomic E-state index is -1.90. The van der Waals surface area contributed by atoms with E-state index in [2.05, 4.69) is 5.32 Å². The van der Waals surface area contributed by atoms with Crippen LogP contribution in [0.5, 0.6) is 0 Å². The molecule has 60 valence electrons. The molecule has 1 atom stereocenters. The lowest BCUT2D eigenvalue weighted by Crippen LogP contribution is -2.69. The van der Waals surface area contributed by atoms with Gasteiger partial charge in [-0.3, -0.25) is 5.32 Å². The smallest absolute Gasteiger partial charge is 0.241 e. The first-order chi connectivity index (χ1) is 4.46. The number of hydrogen-bond donors (Lipinski definition) is 4. The molecule has 1 saturated heterocycles. The average molecular weight is 146 g/mol. The van der Waals surface area contributed by atoms with Crippen molar-refractivity contribution in [2.75, 3.05) is 6.54 Å². The van der Waals surface area contributed by atoms with Gasteiger partial charge in [-0.05, 0) is 19.8 Å². The minimum Gasteiger partial charge on any atom is -0.352 e. The summed E-state index contributed by atoms with van der Waals surface area (Å²) in [4.78, 5) is 0. The average Bonchev–Trinajstić information content (AvgIpc) is 1.77. The zero-order valence-corrected chi connectivity index (χ0v) is 6.09. The van der Waals surface area contributed by atoms with Gasteiger partial charge in [0.05, 0.1) is 5.54 Å². The van der Waals surface area contributed by atoms with Crippen molar-refractivity contribution in [2.24, 2.45) is 5.73 Å². The molecule has 0 saturated carbocycles. The van der Waals surface area contributed by atoms with Crippen molar-refractivity contribution in [1.82, 2.24) is 5.32 Å². The van der Waals surface area contributed by atoms with Crippen LogP contribution in [0.3, 0.4) is 0 Å². The molecule has 0 aliphatic carbocycles. The number of nitrogens with one attached hydrogen (secondary N) is 1. The molecule has 0 radical (unpaired) electrons. The zero-order valence-electron chi connectivity index (χ0n) is 6.09. The zero-order chi connectivity index (χ0) is 7.83. The number of piperidine rings is 1. The van der Waals surface area contributed by atoms with E-state index in [1.165, 1.54) is 0 Å². The Bertz CT molecular complexity index is 118. The fourth-order valence-electron chi connectivity index (χ4n) is 1.09. The van der Waals surface area contributed by atoms with E-state index in [9.17, 15) is 10.2 Å². The summed E-state index contributed by atoms with van der Waals surface area (Å²) in [5, 5.41) is 21.0. The lowest BCUT2D eigenvalue weighted by atomic mass is 9.89. The fourth-order valence-corrected chi connectivity index (χ4v) is 1.09. The Morgan fingerprint density at radius 3 is 2.40 bits per heavy atom. The molecule has 1 heterocycles. The molecule has 0 aromatic carbocycles. The van der Waals surface area contributed by atoms with Gasteiger partial charge in [0, 0.05) is 6.54 Å². The summed E-state index contributed by atoms with van der Waals surface area (Å²) in [5.41, 5.74) is 4.67. The van der Waals surface area contributed by atoms with Crippen molar-refractivity contribution in [3.63, 3.8) is 0 Å². The molecule has 0 bridgehead atoms. The van der Waals surface area contributed by atoms with Gasteiger partial charge in [0.15, 0.2) is 0 Å². The van der Waals surface area contributed by atoms with Crippen LogP contribution >= 0.6 is 0 Å². The van der Waals surface area contributed by atoms with Crippen molar-refractivity contribution in [3.8, 4) is 0 Å². The van der Waals surface area contributed by atoms with Crippen molar-refractivity contribution in [3.05, 3.63) is 0 Å². The first kappa shape index (κ1) is 7.94. The molecular formula is C6H14N2O2. The summed E-state index contributed by atoms with van der Waals surface area (Å²) in [6, 6.07) is 0. The van der Waals surface area contributed by atoms with Crippen molar-refractivity contribution >= 4 is 0 Å². The summed E-state index contributed by atoms with van der Waals surface area (Å²) < 4.78 is 0. The van der Waals surface area contributed by atoms with Gasteiger partial charge < -0.3 is 15.9 Å². The highest BCUT2D eigenvalue weighted by molar-refractivity contribution is 4.94. The second-order valence-corrected chi connectivity index (χ2v) is 3.12. The fraction of sp³-hybridized carbons (Fsp3) is 1.00. The minimum absolute atomic E-state index is 0.611. The monoisotopic (exact) mass is 146 g/mol. The van der Waals surface area contributed by atoms with Gasteiger partial charge in [-0.15, -0.1) is 0 Å². The summed E-state index contributed by atoms with van der Waals surface area (Å²) >= 11 is 0. The lowest BCUT2D eigenvalue weighted by Gasteiger charge is -2.42. The molecule has 1 aliphatic rings. The summed E-state index contributed by atoms with van der Waals surface area (Å²) in [7, 11) is 0. The predicted octanol–water partition coefficient (Wildman–Crippen LogP) is -1.27. The van der Waals surface area contributed by atoms with Crippen LogP contribution in [0, 0.1) is 0 Å². The van der Waals surface area contributed by atoms with Gasteiger partial charge in [-0.25, -0.2) is 0 Å². The van der Waals surface area contributed by atoms with Crippen LogP contribution in [0.1, 0.15) is 19.8 Å². The van der Waals surface area contributed by atoms with Crippen LogP contribution in [0.15, 0.2) is 0 Å². The highest BCUT2D eigenvalue weighted by atomic mass is 16.5. The van der Waals surface area contributed by atoms with Crippen LogP contribution in [0.2, 0.25) is 0 Å². The predicted molar refractivity (Wildman–Crippen MR) is 37.0 cm³/mol. The maximum absolute atomic E-state index is 9.22. The summed E-state index contributed by atoms with van der Waals surface area (Å²) in [6.45, 7) is 2.24. The van der Waals surface area contributed by atoms with Crippen molar-refractivity contribution in [1.29, 1.82) is 0 Å². The molecule has 4 nitrogen and oxygen atoms in total. The normalized spacial score (nSPS) is 39.6. The van der Waals surface area contributed by atoms with Crippen molar-refractivity contribution < 1.29 is 10.2 Å². The Hall–Kier alpha value is -0.160. The van der Waals surface area contributed by atoms with E-state index < -0.39 is 11.4 Å². The number of aliphatic hydroxyl groups is 2. The van der Waals surface area contributed by atoms with Crippen LogP contribution in [0.4, 0.5) is 0 Å². The summed E-state index contributed by atoms with van der Waals surface area (Å²) in [5.74, 6) is -1.90. The molecule has 0 aromatic rings. The highest BCUT2D eigenvalue weighted by Gasteiger charge is 2.44. The Kier molecular flexibility index (Phi) is 1.72. The lowest BCUT2D eigenvalue weighted by molar-refractivity contribution is -0.239. The van der Waals surface area contributed by atoms with E-state index in [1.54, 1.807) is 6.92 Å². The van der Waals surface area contributed by atoms with E-state index >= 15 is 0 Å². The SMILES string of the molecule is CC1(N)CCCNC1(O)O. The van der Waals surface area contributed by atoms with Crippen molar-refractivity contribution in [2.45, 2.75) is 31.2 Å². The highest BCUT2D eigenvalue weighted by Crippen LogP contribution is 2.23. The van der Waals surface area contributed by atoms with E-state index in [-0.39, 0.29) is 0 Å². The maximum Gasteiger partial charge on any atom is 0.241 e. The molecule has 5 N–H and O–H groups in total. The number of hydrogen-bond acceptors (Lipinski definition) is 4. The maximum atomic E-state index is 9.22. The van der Waals surface area contributed by atoms with Crippen LogP contribution in [-0.2, 0) is 0 Å². The standard InChI is InChI=1S/C6H14N2O2/c1-5(7)3-2-4-8-6(5,9)10/h8-10H,2-4,7H2,1H3. The van der Waals surface area contributed by atoms with Crippen LogP contribution in [-0.4, -0.2) is 28.2 Å². The molecule has 4 heteroatoms. The Balaban J connectivity index is 2.70. The molecule has 1 aliphatic heterocycles. The molecule has 0 aromatic heterocycles. The van der Waals surface area contributed by atoms with Gasteiger partial charge in [0.2, 0.25) is 5.91 Å². The topological polar surface area (TPSA) is 78.5 Å². The van der Waals surface area contributed by atoms with E-state index in [1.807, 2.05) is 0 Å². The molecular weight excluding hydrogens is 132 g/mol. The molecule has 0 amide bonds. The van der Waals surface area contributed by atoms with E-state index in [0.29, 0.717) is 13.0 Å². The molecule has 1 unspecified atom stereocenters. The molecule has 1 rings (SSSR count). The van der Waals surface area contributed by atoms with Gasteiger partial charge >= 0.3 is 0 Å². The largest absolute Gasteiger partial charge is 0.352 e. The van der Waals surface area contributed by atoms with Gasteiger partial charge in [0.1, 0.15) is 0 Å². The number of nitrogens with two attached hydrogens (primary N) is 1. The van der Waals surface area contributed by atoms with Gasteiger partial charge in [-0.2, -0.15) is 0 Å². The summed E-state index contributed by atoms with van der Waals surface area (Å²) in [6.07, 6.45) is 1.52. The molecule has 10 heavy (non-hydrogen) atoms. The van der Waals surface area contributed by atoms with E-state index in [4.69, 9.17) is 5.73 Å². The second kappa shape index (κ2) is 2.17. The molecule has 1 fully saturated rings. The van der Waals surface area contributed by atoms with E-state index in [0.717, 1.165) is 6.42 Å². The first-order valence-electron chi connectivity index (χ1n) is 3.44. The molecule has 0 spiro atoms. The third kappa shape index (κ3) is 1.15. The van der Waals surface area contributed by atoms with Crippen LogP contribution in [0.25, 0.3) is 0 Å². The Morgan fingerprint density at radius 1 is 1.50 bits per heavy atom. The quantitative estimate of drug-likeness (QED) is 0.321. The first-order valence-corrected chi connectivity index (χ1v) is 3.44. The third-order valence-electron chi connectivity index (χ3n) is 2.04. The Morgan fingerprint density at radius 2 is 2.10 bits per heavy atom. The van der Waals surface area contributed by atoms with Gasteiger partial charge in [0.25, 0.3) is 0 Å². The van der Waals surface area contributed by atoms with Crippen LogP contribution < -0.4 is 11.1 Å². The third-order valence-corrected chi connectivity index (χ3v) is 2.04.